The molecular weight excluding hydrogens is 432 g/mol. The minimum atomic E-state index is 0.233. The summed E-state index contributed by atoms with van der Waals surface area (Å²) in [4.78, 5) is 4.81. The topological polar surface area (TPSA) is 34.1 Å². The van der Waals surface area contributed by atoms with Gasteiger partial charge in [-0.25, -0.2) is 4.98 Å². The van der Waals surface area contributed by atoms with Gasteiger partial charge in [0.15, 0.2) is 0 Å². The molecule has 4 aromatic rings. The molecule has 0 bridgehead atoms. The van der Waals surface area contributed by atoms with E-state index in [1.165, 1.54) is 16.3 Å². The zero-order chi connectivity index (χ0) is 19.5. The lowest BCUT2D eigenvalue weighted by molar-refractivity contribution is 0.416. The molecule has 1 atom stereocenters. The van der Waals surface area contributed by atoms with Crippen molar-refractivity contribution < 1.29 is 4.74 Å². The molecule has 0 fully saturated rings. The van der Waals surface area contributed by atoms with Crippen LogP contribution in [0.3, 0.4) is 0 Å². The number of ether oxygens (including phenoxy) is 1. The van der Waals surface area contributed by atoms with Gasteiger partial charge in [-0.1, -0.05) is 58.4 Å². The third-order valence-corrected chi connectivity index (χ3v) is 6.24. The van der Waals surface area contributed by atoms with Gasteiger partial charge in [-0.2, -0.15) is 0 Å². The Morgan fingerprint density at radius 2 is 1.93 bits per heavy atom. The van der Waals surface area contributed by atoms with Crippen LogP contribution in [0.15, 0.2) is 70.5 Å². The van der Waals surface area contributed by atoms with Crippen LogP contribution >= 0.6 is 27.3 Å². The van der Waals surface area contributed by atoms with Crippen LogP contribution < -0.4 is 10.1 Å². The van der Waals surface area contributed by atoms with Crippen LogP contribution in [-0.2, 0) is 6.54 Å². The van der Waals surface area contributed by atoms with Gasteiger partial charge in [0.05, 0.1) is 18.4 Å². The molecule has 0 amide bonds. The molecule has 4 rings (SSSR count). The quantitative estimate of drug-likeness (QED) is 0.358. The van der Waals surface area contributed by atoms with Crippen LogP contribution in [0, 0.1) is 0 Å². The molecule has 0 aliphatic carbocycles. The first-order valence-electron chi connectivity index (χ1n) is 9.15. The molecule has 0 unspecified atom stereocenters. The molecule has 0 saturated carbocycles. The third-order valence-electron chi connectivity index (χ3n) is 4.82. The number of thiazole rings is 1. The highest BCUT2D eigenvalue weighted by molar-refractivity contribution is 9.10. The molecule has 0 aliphatic rings. The van der Waals surface area contributed by atoms with Gasteiger partial charge in [0, 0.05) is 22.4 Å². The van der Waals surface area contributed by atoms with E-state index in [0.29, 0.717) is 0 Å². The summed E-state index contributed by atoms with van der Waals surface area (Å²) in [5, 5.41) is 9.25. The van der Waals surface area contributed by atoms with Crippen molar-refractivity contribution in [1.82, 2.24) is 10.3 Å². The predicted octanol–water partition coefficient (Wildman–Crippen LogP) is 6.59. The molecule has 1 N–H and O–H groups in total. The fourth-order valence-corrected chi connectivity index (χ4v) is 4.56. The summed E-state index contributed by atoms with van der Waals surface area (Å²) in [6, 6.07) is 21.2. The standard InChI is InChI=1S/C23H21BrN2OS/c1-15(19-9-5-7-16-6-3-4-8-20(16)19)25-13-18-14-28-23(26-18)21-12-17(24)10-11-22(21)27-2/h3-12,14-15,25H,13H2,1-2H3/t15-/m0/s1. The number of fused-ring (bicyclic) bond motifs is 1. The summed E-state index contributed by atoms with van der Waals surface area (Å²) in [6.07, 6.45) is 0. The molecule has 0 aliphatic heterocycles. The van der Waals surface area contributed by atoms with Crippen molar-refractivity contribution in [2.45, 2.75) is 19.5 Å². The maximum absolute atomic E-state index is 5.49. The Morgan fingerprint density at radius 3 is 2.79 bits per heavy atom. The normalized spacial score (nSPS) is 12.2. The van der Waals surface area contributed by atoms with Gasteiger partial charge in [0.2, 0.25) is 0 Å². The summed E-state index contributed by atoms with van der Waals surface area (Å²) >= 11 is 5.17. The highest BCUT2D eigenvalue weighted by Gasteiger charge is 2.13. The van der Waals surface area contributed by atoms with Crippen molar-refractivity contribution in [3.63, 3.8) is 0 Å². The van der Waals surface area contributed by atoms with E-state index in [1.807, 2.05) is 18.2 Å². The number of halogens is 1. The van der Waals surface area contributed by atoms with Gasteiger partial charge in [0.1, 0.15) is 10.8 Å². The molecule has 0 saturated heterocycles. The molecular formula is C23H21BrN2OS. The average molecular weight is 453 g/mol. The van der Waals surface area contributed by atoms with Gasteiger partial charge in [-0.15, -0.1) is 11.3 Å². The molecule has 3 nitrogen and oxygen atoms in total. The Bertz CT molecular complexity index is 1100. The van der Waals surface area contributed by atoms with Gasteiger partial charge in [-0.3, -0.25) is 0 Å². The summed E-state index contributed by atoms with van der Waals surface area (Å²) in [5.74, 6) is 0.834. The second-order valence-electron chi connectivity index (χ2n) is 6.66. The average Bonchev–Trinajstić information content (AvgIpc) is 3.20. The number of aromatic nitrogens is 1. The van der Waals surface area contributed by atoms with Gasteiger partial charge < -0.3 is 10.1 Å². The van der Waals surface area contributed by atoms with Crippen LogP contribution in [0.4, 0.5) is 0 Å². The van der Waals surface area contributed by atoms with Gasteiger partial charge in [0.25, 0.3) is 0 Å². The summed E-state index contributed by atoms with van der Waals surface area (Å²) in [5.41, 5.74) is 3.35. The number of benzene rings is 3. The van der Waals surface area contributed by atoms with E-state index < -0.39 is 0 Å². The third kappa shape index (κ3) is 3.97. The number of hydrogen-bond donors (Lipinski definition) is 1. The highest BCUT2D eigenvalue weighted by Crippen LogP contribution is 2.34. The fraction of sp³-hybridized carbons (Fsp3) is 0.174. The lowest BCUT2D eigenvalue weighted by Gasteiger charge is -2.16. The zero-order valence-electron chi connectivity index (χ0n) is 15.8. The molecule has 1 heterocycles. The monoisotopic (exact) mass is 452 g/mol. The first-order chi connectivity index (χ1) is 13.7. The number of rotatable bonds is 6. The van der Waals surface area contributed by atoms with Crippen LogP contribution in [0.25, 0.3) is 21.3 Å². The summed E-state index contributed by atoms with van der Waals surface area (Å²) < 4.78 is 6.51. The number of nitrogens with one attached hydrogen (secondary N) is 1. The van der Waals surface area contributed by atoms with Crippen LogP contribution in [-0.4, -0.2) is 12.1 Å². The van der Waals surface area contributed by atoms with E-state index in [1.54, 1.807) is 18.4 Å². The Morgan fingerprint density at radius 1 is 1.11 bits per heavy atom. The predicted molar refractivity (Wildman–Crippen MR) is 121 cm³/mol. The molecule has 1 aromatic heterocycles. The Hall–Kier alpha value is -2.21. The summed E-state index contributed by atoms with van der Waals surface area (Å²) in [6.45, 7) is 2.92. The number of nitrogens with zero attached hydrogens (tertiary/aromatic N) is 1. The van der Waals surface area contributed by atoms with E-state index in [-0.39, 0.29) is 6.04 Å². The second kappa shape index (κ2) is 8.43. The zero-order valence-corrected chi connectivity index (χ0v) is 18.2. The van der Waals surface area contributed by atoms with Crippen LogP contribution in [0.1, 0.15) is 24.2 Å². The van der Waals surface area contributed by atoms with Crippen molar-refractivity contribution in [3.8, 4) is 16.3 Å². The van der Waals surface area contributed by atoms with Gasteiger partial charge in [-0.05, 0) is 41.5 Å². The van der Waals surface area contributed by atoms with Crippen molar-refractivity contribution in [2.75, 3.05) is 7.11 Å². The van der Waals surface area contributed by atoms with E-state index in [9.17, 15) is 0 Å². The van der Waals surface area contributed by atoms with Crippen LogP contribution in [0.2, 0.25) is 0 Å². The number of methoxy groups -OCH3 is 1. The van der Waals surface area contributed by atoms with Crippen molar-refractivity contribution >= 4 is 38.0 Å². The first-order valence-corrected chi connectivity index (χ1v) is 10.8. The molecule has 28 heavy (non-hydrogen) atoms. The molecule has 0 spiro atoms. The Labute approximate surface area is 177 Å². The lowest BCUT2D eigenvalue weighted by Crippen LogP contribution is -2.18. The van der Waals surface area contributed by atoms with Gasteiger partial charge >= 0.3 is 0 Å². The SMILES string of the molecule is COc1ccc(Br)cc1-c1nc(CN[C@@H](C)c2cccc3ccccc23)cs1. The Kier molecular flexibility index (Phi) is 5.76. The minimum absolute atomic E-state index is 0.233. The van der Waals surface area contributed by atoms with E-state index in [0.717, 1.165) is 33.0 Å². The molecule has 142 valence electrons. The first kappa shape index (κ1) is 19.1. The fourth-order valence-electron chi connectivity index (χ4n) is 3.35. The smallest absolute Gasteiger partial charge is 0.129 e. The van der Waals surface area contributed by atoms with E-state index >= 15 is 0 Å². The van der Waals surface area contributed by atoms with Crippen molar-refractivity contribution in [1.29, 1.82) is 0 Å². The van der Waals surface area contributed by atoms with Crippen LogP contribution in [0.5, 0.6) is 5.75 Å². The Balaban J connectivity index is 1.51. The molecule has 0 radical (unpaired) electrons. The lowest BCUT2D eigenvalue weighted by atomic mass is 10.00. The highest BCUT2D eigenvalue weighted by atomic mass is 79.9. The largest absolute Gasteiger partial charge is 0.496 e. The second-order valence-corrected chi connectivity index (χ2v) is 8.43. The molecule has 3 aromatic carbocycles. The number of hydrogen-bond acceptors (Lipinski definition) is 4. The minimum Gasteiger partial charge on any atom is -0.496 e. The maximum Gasteiger partial charge on any atom is 0.129 e. The van der Waals surface area contributed by atoms with E-state index in [2.05, 4.69) is 76.0 Å². The van der Waals surface area contributed by atoms with Crippen molar-refractivity contribution in [3.05, 3.63) is 81.8 Å². The van der Waals surface area contributed by atoms with Crippen molar-refractivity contribution in [2.24, 2.45) is 0 Å². The maximum atomic E-state index is 5.49. The van der Waals surface area contributed by atoms with E-state index in [4.69, 9.17) is 9.72 Å². The summed E-state index contributed by atoms with van der Waals surface area (Å²) in [7, 11) is 1.69. The molecule has 5 heteroatoms.